The zero-order valence-electron chi connectivity index (χ0n) is 15.6. The molecule has 28 heavy (non-hydrogen) atoms. The minimum Gasteiger partial charge on any atom is -0.331 e. The van der Waals surface area contributed by atoms with Crippen molar-refractivity contribution in [2.24, 2.45) is 0 Å². The molecule has 3 nitrogen and oxygen atoms in total. The third-order valence-electron chi connectivity index (χ3n) is 4.23. The number of fused-ring (bicyclic) bond motifs is 3. The van der Waals surface area contributed by atoms with Crippen LogP contribution >= 0.6 is 23.2 Å². The molecule has 0 bridgehead atoms. The number of benzene rings is 4. The quantitative estimate of drug-likeness (QED) is 0.334. The summed E-state index contributed by atoms with van der Waals surface area (Å²) in [5.74, 6) is 0. The van der Waals surface area contributed by atoms with Crippen LogP contribution in [0.4, 0.5) is 10.5 Å². The van der Waals surface area contributed by atoms with Crippen LogP contribution in [0.15, 0.2) is 78.9 Å². The van der Waals surface area contributed by atoms with E-state index >= 15 is 0 Å². The van der Waals surface area contributed by atoms with Crippen molar-refractivity contribution < 1.29 is 4.79 Å². The molecule has 5 heteroatoms. The number of anilines is 1. The zero-order chi connectivity index (χ0) is 20.1. The molecule has 4 aromatic carbocycles. The van der Waals surface area contributed by atoms with E-state index in [9.17, 15) is 4.79 Å². The van der Waals surface area contributed by atoms with E-state index in [1.165, 1.54) is 26.4 Å². The molecule has 2 amide bonds. The number of rotatable bonds is 1. The second kappa shape index (κ2) is 8.96. The monoisotopic (exact) mass is 410 g/mol. The van der Waals surface area contributed by atoms with E-state index in [0.717, 1.165) is 0 Å². The standard InChI is InChI=1S/C14H10.C9H10Cl2N2O/c1-3-7-13-11(5-1)9-10-12-6-2-4-8-14(12)13;1-13(2)9(14)12-6-3-4-7(10)8(11)5-6/h1-10H;3-5H,1-2H3,(H,12,14). The highest BCUT2D eigenvalue weighted by Crippen LogP contribution is 2.25. The van der Waals surface area contributed by atoms with E-state index in [1.54, 1.807) is 32.3 Å². The first kappa shape index (κ1) is 20.0. The van der Waals surface area contributed by atoms with Crippen LogP contribution in [0.2, 0.25) is 10.0 Å². The van der Waals surface area contributed by atoms with Gasteiger partial charge in [0, 0.05) is 19.8 Å². The van der Waals surface area contributed by atoms with Crippen LogP contribution in [0.3, 0.4) is 0 Å². The second-order valence-corrected chi connectivity index (χ2v) is 7.28. The van der Waals surface area contributed by atoms with Gasteiger partial charge >= 0.3 is 6.03 Å². The number of amides is 2. The normalized spacial score (nSPS) is 10.3. The van der Waals surface area contributed by atoms with Crippen LogP contribution in [0.25, 0.3) is 21.5 Å². The van der Waals surface area contributed by atoms with Crippen LogP contribution in [-0.4, -0.2) is 25.0 Å². The maximum Gasteiger partial charge on any atom is 0.321 e. The van der Waals surface area contributed by atoms with Gasteiger partial charge in [-0.25, -0.2) is 4.79 Å². The molecule has 0 radical (unpaired) electrons. The molecule has 0 heterocycles. The van der Waals surface area contributed by atoms with Gasteiger partial charge in [-0.2, -0.15) is 0 Å². The van der Waals surface area contributed by atoms with Crippen molar-refractivity contribution in [3.63, 3.8) is 0 Å². The molecular formula is C23H20Cl2N2O. The lowest BCUT2D eigenvalue weighted by Gasteiger charge is -2.12. The van der Waals surface area contributed by atoms with Gasteiger partial charge in [-0.3, -0.25) is 0 Å². The summed E-state index contributed by atoms with van der Waals surface area (Å²) in [7, 11) is 3.32. The lowest BCUT2D eigenvalue weighted by atomic mass is 10.0. The summed E-state index contributed by atoms with van der Waals surface area (Å²) < 4.78 is 0. The Kier molecular flexibility index (Phi) is 6.40. The van der Waals surface area contributed by atoms with Gasteiger partial charge in [-0.1, -0.05) is 83.9 Å². The first-order valence-electron chi connectivity index (χ1n) is 8.75. The lowest BCUT2D eigenvalue weighted by molar-refractivity contribution is 0.230. The highest BCUT2D eigenvalue weighted by molar-refractivity contribution is 6.42. The molecule has 142 valence electrons. The number of nitrogens with zero attached hydrogens (tertiary/aromatic N) is 1. The van der Waals surface area contributed by atoms with E-state index in [-0.39, 0.29) is 6.03 Å². The van der Waals surface area contributed by atoms with Gasteiger partial charge < -0.3 is 10.2 Å². The van der Waals surface area contributed by atoms with Crippen molar-refractivity contribution >= 4 is 56.5 Å². The third kappa shape index (κ3) is 4.75. The van der Waals surface area contributed by atoms with Crippen molar-refractivity contribution in [2.75, 3.05) is 19.4 Å². The summed E-state index contributed by atoms with van der Waals surface area (Å²) in [6.45, 7) is 0. The highest BCUT2D eigenvalue weighted by Gasteiger charge is 2.05. The van der Waals surface area contributed by atoms with Crippen LogP contribution in [0.5, 0.6) is 0 Å². The Balaban J connectivity index is 0.000000161. The average molecular weight is 411 g/mol. The van der Waals surface area contributed by atoms with Crippen molar-refractivity contribution in [3.8, 4) is 0 Å². The molecule has 1 N–H and O–H groups in total. The summed E-state index contributed by atoms with van der Waals surface area (Å²) in [5.41, 5.74) is 0.623. The number of nitrogens with one attached hydrogen (secondary N) is 1. The van der Waals surface area contributed by atoms with Crippen molar-refractivity contribution in [3.05, 3.63) is 88.9 Å². The van der Waals surface area contributed by atoms with E-state index < -0.39 is 0 Å². The Morgan fingerprint density at radius 3 is 1.79 bits per heavy atom. The van der Waals surface area contributed by atoms with E-state index in [1.807, 2.05) is 0 Å². The third-order valence-corrected chi connectivity index (χ3v) is 4.97. The molecule has 0 atom stereocenters. The first-order valence-corrected chi connectivity index (χ1v) is 9.51. The maximum absolute atomic E-state index is 11.2. The van der Waals surface area contributed by atoms with Crippen molar-refractivity contribution in [1.82, 2.24) is 4.90 Å². The minimum atomic E-state index is -0.205. The average Bonchev–Trinajstić information content (AvgIpc) is 2.71. The molecule has 0 unspecified atom stereocenters. The Morgan fingerprint density at radius 1 is 0.750 bits per heavy atom. The molecule has 0 aromatic heterocycles. The first-order chi connectivity index (χ1) is 13.5. The second-order valence-electron chi connectivity index (χ2n) is 6.46. The van der Waals surface area contributed by atoms with Crippen LogP contribution in [0, 0.1) is 0 Å². The highest BCUT2D eigenvalue weighted by atomic mass is 35.5. The molecule has 0 aliphatic rings. The van der Waals surface area contributed by atoms with Gasteiger partial charge in [0.1, 0.15) is 0 Å². The van der Waals surface area contributed by atoms with Crippen LogP contribution < -0.4 is 5.32 Å². The smallest absolute Gasteiger partial charge is 0.321 e. The van der Waals surface area contributed by atoms with Crippen LogP contribution in [0.1, 0.15) is 0 Å². The molecule has 0 aliphatic heterocycles. The van der Waals surface area contributed by atoms with Gasteiger partial charge in [0.05, 0.1) is 10.0 Å². The number of halogens is 2. The van der Waals surface area contributed by atoms with Gasteiger partial charge in [0.25, 0.3) is 0 Å². The number of hydrogen-bond acceptors (Lipinski definition) is 1. The molecule has 0 fully saturated rings. The Morgan fingerprint density at radius 2 is 1.29 bits per heavy atom. The van der Waals surface area contributed by atoms with E-state index in [2.05, 4.69) is 66.0 Å². The van der Waals surface area contributed by atoms with Gasteiger partial charge in [0.2, 0.25) is 0 Å². The largest absolute Gasteiger partial charge is 0.331 e. The maximum atomic E-state index is 11.2. The number of carbonyl (C=O) groups excluding carboxylic acids is 1. The molecule has 0 spiro atoms. The molecule has 0 saturated heterocycles. The van der Waals surface area contributed by atoms with Crippen molar-refractivity contribution in [1.29, 1.82) is 0 Å². The van der Waals surface area contributed by atoms with E-state index in [4.69, 9.17) is 23.2 Å². The van der Waals surface area contributed by atoms with E-state index in [0.29, 0.717) is 15.7 Å². The molecule has 0 saturated carbocycles. The summed E-state index contributed by atoms with van der Waals surface area (Å²) in [6, 6.07) is 26.1. The lowest BCUT2D eigenvalue weighted by Crippen LogP contribution is -2.27. The van der Waals surface area contributed by atoms with Gasteiger partial charge in [0.15, 0.2) is 0 Å². The summed E-state index contributed by atoms with van der Waals surface area (Å²) in [5, 5.41) is 8.84. The van der Waals surface area contributed by atoms with Crippen molar-refractivity contribution in [2.45, 2.75) is 0 Å². The summed E-state index contributed by atoms with van der Waals surface area (Å²) >= 11 is 11.5. The molecule has 4 rings (SSSR count). The molecule has 0 aliphatic carbocycles. The number of hydrogen-bond donors (Lipinski definition) is 1. The predicted molar refractivity (Wildman–Crippen MR) is 121 cm³/mol. The fraction of sp³-hybridized carbons (Fsp3) is 0.0870. The predicted octanol–water partition coefficient (Wildman–Crippen LogP) is 7.08. The summed E-state index contributed by atoms with van der Waals surface area (Å²) in [6.07, 6.45) is 0. The summed E-state index contributed by atoms with van der Waals surface area (Å²) in [4.78, 5) is 12.7. The topological polar surface area (TPSA) is 32.3 Å². The van der Waals surface area contributed by atoms with Crippen LogP contribution in [-0.2, 0) is 0 Å². The van der Waals surface area contributed by atoms with Gasteiger partial charge in [-0.15, -0.1) is 0 Å². The Hall–Kier alpha value is -2.75. The Labute approximate surface area is 174 Å². The number of carbonyl (C=O) groups is 1. The molecular weight excluding hydrogens is 391 g/mol. The fourth-order valence-electron chi connectivity index (χ4n) is 2.76. The molecule has 4 aromatic rings. The Bertz CT molecular complexity index is 1070. The number of urea groups is 1. The fourth-order valence-corrected chi connectivity index (χ4v) is 3.06. The minimum absolute atomic E-state index is 0.205. The SMILES string of the molecule is CN(C)C(=O)Nc1ccc(Cl)c(Cl)c1.c1ccc2c(c1)ccc1ccccc12. The van der Waals surface area contributed by atoms with Gasteiger partial charge in [-0.05, 0) is 39.7 Å². The zero-order valence-corrected chi connectivity index (χ0v) is 17.1.